The Morgan fingerprint density at radius 1 is 1.24 bits per heavy atom. The Bertz CT molecular complexity index is 1280. The maximum atomic E-state index is 12.9. The van der Waals surface area contributed by atoms with Crippen LogP contribution in [0.4, 0.5) is 4.79 Å². The summed E-state index contributed by atoms with van der Waals surface area (Å²) in [4.78, 5) is 36.2. The van der Waals surface area contributed by atoms with Crippen molar-refractivity contribution in [1.82, 2.24) is 9.88 Å². The van der Waals surface area contributed by atoms with Crippen LogP contribution in [-0.2, 0) is 9.53 Å². The van der Waals surface area contributed by atoms with E-state index in [-0.39, 0.29) is 18.4 Å². The molecule has 1 saturated heterocycles. The van der Waals surface area contributed by atoms with Gasteiger partial charge in [-0.15, -0.1) is 0 Å². The molecule has 2 N–H and O–H groups in total. The number of hydrogen-bond acceptors (Lipinski definition) is 7. The number of hydrogen-bond donors (Lipinski definition) is 1. The van der Waals surface area contributed by atoms with Crippen LogP contribution >= 0.6 is 0 Å². The number of fused-ring (bicyclic) bond motifs is 1. The number of aromatic nitrogens is 1. The van der Waals surface area contributed by atoms with Gasteiger partial charge >= 0.3 is 6.09 Å². The Morgan fingerprint density at radius 3 is 2.45 bits per heavy atom. The van der Waals surface area contributed by atoms with Gasteiger partial charge < -0.3 is 19.9 Å². The van der Waals surface area contributed by atoms with Crippen LogP contribution in [0.25, 0.3) is 10.9 Å². The first-order chi connectivity index (χ1) is 17.6. The van der Waals surface area contributed by atoms with Crippen molar-refractivity contribution in [3.8, 4) is 11.5 Å². The van der Waals surface area contributed by atoms with E-state index < -0.39 is 29.7 Å². The van der Waals surface area contributed by atoms with E-state index in [1.54, 1.807) is 27.9 Å². The molecule has 1 aliphatic heterocycles. The Morgan fingerprint density at radius 2 is 1.89 bits per heavy atom. The second-order valence-electron chi connectivity index (χ2n) is 11.1. The van der Waals surface area contributed by atoms with Crippen LogP contribution in [0.5, 0.6) is 11.5 Å². The molecule has 2 heterocycles. The Labute approximate surface area is 225 Å². The normalized spacial score (nSPS) is 20.1. The quantitative estimate of drug-likeness (QED) is 0.509. The number of aliphatic imine (C=N–C) groups is 1. The molecule has 38 heavy (non-hydrogen) atoms. The third kappa shape index (κ3) is 6.09. The number of nitrogens with two attached hydrogens (primary N) is 1. The largest absolute Gasteiger partial charge is 0.496 e. The number of nitrogens with zero attached hydrogens (tertiary/aromatic N) is 3. The van der Waals surface area contributed by atoms with Crippen LogP contribution in [0, 0.1) is 18.8 Å². The van der Waals surface area contributed by atoms with Crippen LogP contribution in [0.15, 0.2) is 35.5 Å². The standard InChI is InChI=1S/C29H40N4O5/c1-15(2)18(5)31-19(6)21-13-23(20-11-12-22(36-10)16(3)25(20)32-21)37-24-14-33(26(17(24)4)27(30)34)28(35)38-29(7,8)9/h11-13,15,17,24,26H,5,14H2,1-4,6-10H3,(H2,30,34)/b31-19+/t17-,24+,26+/m1/s1. The second kappa shape index (κ2) is 11.0. The van der Waals surface area contributed by atoms with E-state index in [1.807, 2.05) is 52.8 Å². The summed E-state index contributed by atoms with van der Waals surface area (Å²) >= 11 is 0. The molecule has 0 unspecified atom stereocenters. The Kier molecular flexibility index (Phi) is 8.39. The van der Waals surface area contributed by atoms with Gasteiger partial charge in [-0.3, -0.25) is 14.7 Å². The molecule has 3 atom stereocenters. The maximum absolute atomic E-state index is 12.9. The van der Waals surface area contributed by atoms with E-state index in [0.717, 1.165) is 16.6 Å². The summed E-state index contributed by atoms with van der Waals surface area (Å²) in [5.74, 6) is 0.471. The van der Waals surface area contributed by atoms with Gasteiger partial charge in [0.05, 0.1) is 30.6 Å². The summed E-state index contributed by atoms with van der Waals surface area (Å²) in [7, 11) is 1.62. The predicted octanol–water partition coefficient (Wildman–Crippen LogP) is 5.02. The van der Waals surface area contributed by atoms with E-state index in [2.05, 4.69) is 11.6 Å². The molecular formula is C29H40N4O5. The van der Waals surface area contributed by atoms with Crippen LogP contribution < -0.4 is 15.2 Å². The summed E-state index contributed by atoms with van der Waals surface area (Å²) in [6.45, 7) is 19.3. The number of aryl methyl sites for hydroxylation is 1. The highest BCUT2D eigenvalue weighted by Crippen LogP contribution is 2.36. The van der Waals surface area contributed by atoms with Gasteiger partial charge in [0.15, 0.2) is 0 Å². The van der Waals surface area contributed by atoms with Gasteiger partial charge in [0.1, 0.15) is 29.2 Å². The summed E-state index contributed by atoms with van der Waals surface area (Å²) < 4.78 is 17.6. The number of pyridine rings is 1. The van der Waals surface area contributed by atoms with Crippen LogP contribution in [0.1, 0.15) is 59.7 Å². The monoisotopic (exact) mass is 524 g/mol. The molecule has 0 bridgehead atoms. The van der Waals surface area contributed by atoms with Crippen molar-refractivity contribution in [1.29, 1.82) is 0 Å². The fourth-order valence-electron chi connectivity index (χ4n) is 4.47. The molecular weight excluding hydrogens is 484 g/mol. The number of rotatable bonds is 7. The van der Waals surface area contributed by atoms with Crippen LogP contribution in [0.2, 0.25) is 0 Å². The van der Waals surface area contributed by atoms with Gasteiger partial charge in [-0.05, 0) is 52.7 Å². The smallest absolute Gasteiger partial charge is 0.411 e. The van der Waals surface area contributed by atoms with E-state index in [1.165, 1.54) is 4.90 Å². The van der Waals surface area contributed by atoms with E-state index >= 15 is 0 Å². The van der Waals surface area contributed by atoms with Gasteiger partial charge in [0.25, 0.3) is 0 Å². The number of allylic oxidation sites excluding steroid dienone is 1. The predicted molar refractivity (Wildman–Crippen MR) is 149 cm³/mol. The van der Waals surface area contributed by atoms with Crippen molar-refractivity contribution in [2.75, 3.05) is 13.7 Å². The molecule has 1 fully saturated rings. The SMILES string of the molecule is C=C(/N=C(\C)c1cc(O[C@H]2CN(C(=O)OC(C)(C)C)[C@H](C(N)=O)[C@@H]2C)c2ccc(OC)c(C)c2n1)C(C)C. The molecule has 2 aromatic rings. The fraction of sp³-hybridized carbons (Fsp3) is 0.517. The van der Waals surface area contributed by atoms with E-state index in [9.17, 15) is 9.59 Å². The van der Waals surface area contributed by atoms with E-state index in [4.69, 9.17) is 24.9 Å². The lowest BCUT2D eigenvalue weighted by Crippen LogP contribution is -2.47. The third-order valence-electron chi connectivity index (χ3n) is 6.71. The van der Waals surface area contributed by atoms with Crippen molar-refractivity contribution in [2.45, 2.75) is 73.1 Å². The molecule has 9 nitrogen and oxygen atoms in total. The molecule has 0 saturated carbocycles. The maximum Gasteiger partial charge on any atom is 0.411 e. The van der Waals surface area contributed by atoms with E-state index in [0.29, 0.717) is 28.4 Å². The topological polar surface area (TPSA) is 116 Å². The minimum atomic E-state index is -0.859. The minimum absolute atomic E-state index is 0.148. The van der Waals surface area contributed by atoms with Crippen LogP contribution in [0.3, 0.4) is 0 Å². The zero-order valence-electron chi connectivity index (χ0n) is 23.9. The molecule has 3 rings (SSSR count). The molecule has 0 spiro atoms. The highest BCUT2D eigenvalue weighted by atomic mass is 16.6. The van der Waals surface area contributed by atoms with Crippen molar-refractivity contribution in [2.24, 2.45) is 22.6 Å². The molecule has 2 amide bonds. The first-order valence-corrected chi connectivity index (χ1v) is 12.8. The first-order valence-electron chi connectivity index (χ1n) is 12.8. The summed E-state index contributed by atoms with van der Waals surface area (Å²) in [6, 6.07) is 4.74. The molecule has 0 aliphatic carbocycles. The van der Waals surface area contributed by atoms with Crippen molar-refractivity contribution < 1.29 is 23.8 Å². The van der Waals surface area contributed by atoms with Crippen molar-refractivity contribution in [3.05, 3.63) is 41.7 Å². The van der Waals surface area contributed by atoms with Crippen molar-refractivity contribution >= 4 is 28.6 Å². The number of carbonyl (C=O) groups is 2. The zero-order chi connectivity index (χ0) is 28.5. The number of amides is 2. The lowest BCUT2D eigenvalue weighted by Gasteiger charge is -2.27. The molecule has 1 aromatic heterocycles. The molecule has 1 aliphatic rings. The number of carbonyl (C=O) groups excluding carboxylic acids is 2. The molecule has 1 aromatic carbocycles. The number of primary amides is 1. The second-order valence-corrected chi connectivity index (χ2v) is 11.1. The minimum Gasteiger partial charge on any atom is -0.496 e. The summed E-state index contributed by atoms with van der Waals surface area (Å²) in [5, 5.41) is 0.779. The lowest BCUT2D eigenvalue weighted by atomic mass is 10.00. The van der Waals surface area contributed by atoms with Gasteiger partial charge in [0, 0.05) is 28.6 Å². The number of likely N-dealkylation sites (tertiary alicyclic amines) is 1. The molecule has 9 heteroatoms. The van der Waals surface area contributed by atoms with Gasteiger partial charge in [-0.25, -0.2) is 9.78 Å². The van der Waals surface area contributed by atoms with Gasteiger partial charge in [-0.2, -0.15) is 0 Å². The number of ether oxygens (including phenoxy) is 3. The highest BCUT2D eigenvalue weighted by Gasteiger charge is 2.47. The van der Waals surface area contributed by atoms with Crippen LogP contribution in [-0.4, -0.2) is 59.0 Å². The Hall–Kier alpha value is -3.62. The van der Waals surface area contributed by atoms with Gasteiger partial charge in [-0.1, -0.05) is 27.4 Å². The number of benzene rings is 1. The lowest BCUT2D eigenvalue weighted by molar-refractivity contribution is -0.123. The zero-order valence-corrected chi connectivity index (χ0v) is 23.9. The van der Waals surface area contributed by atoms with Crippen molar-refractivity contribution in [3.63, 3.8) is 0 Å². The number of methoxy groups -OCH3 is 1. The fourth-order valence-corrected chi connectivity index (χ4v) is 4.47. The Balaban J connectivity index is 2.08. The average Bonchev–Trinajstić information content (AvgIpc) is 3.14. The average molecular weight is 525 g/mol. The third-order valence-corrected chi connectivity index (χ3v) is 6.71. The summed E-state index contributed by atoms with van der Waals surface area (Å²) in [5.41, 5.74) is 8.65. The van der Waals surface area contributed by atoms with Gasteiger partial charge in [0.2, 0.25) is 5.91 Å². The molecule has 0 radical (unpaired) electrons. The highest BCUT2D eigenvalue weighted by molar-refractivity contribution is 6.01. The summed E-state index contributed by atoms with van der Waals surface area (Å²) in [6.07, 6.45) is -1.11. The first kappa shape index (κ1) is 28.9. The molecule has 206 valence electrons.